The highest BCUT2D eigenvalue weighted by molar-refractivity contribution is 5.75. The highest BCUT2D eigenvalue weighted by Crippen LogP contribution is 2.20. The fourth-order valence-electron chi connectivity index (χ4n) is 1.08. The zero-order valence-electron chi connectivity index (χ0n) is 7.25. The molecule has 0 spiro atoms. The molecule has 0 heterocycles. The largest absolute Gasteiger partial charge is 0.468 e. The van der Waals surface area contributed by atoms with Crippen LogP contribution in [0.5, 0.6) is 0 Å². The third-order valence-electron chi connectivity index (χ3n) is 1.92. The van der Waals surface area contributed by atoms with Crippen molar-refractivity contribution in [1.82, 2.24) is 5.32 Å². The summed E-state index contributed by atoms with van der Waals surface area (Å²) < 4.78 is 4.58. The smallest absolute Gasteiger partial charge is 0.322 e. The summed E-state index contributed by atoms with van der Waals surface area (Å²) in [6, 6.07) is 0.133. The highest BCUT2D eigenvalue weighted by atomic mass is 16.5. The average molecular weight is 173 g/mol. The molecule has 0 aromatic rings. The van der Waals surface area contributed by atoms with Gasteiger partial charge in [-0.15, -0.1) is 0 Å². The molecule has 1 saturated carbocycles. The second-order valence-electron chi connectivity index (χ2n) is 3.03. The van der Waals surface area contributed by atoms with Crippen molar-refractivity contribution in [2.75, 3.05) is 13.7 Å². The minimum absolute atomic E-state index is 0.0134. The van der Waals surface area contributed by atoms with Crippen LogP contribution >= 0.6 is 0 Å². The fraction of sp³-hybridized carbons (Fsp3) is 0.875. The SMILES string of the molecule is COC(=O)C(CCO)NC1CC1. The minimum atomic E-state index is -0.326. The third kappa shape index (κ3) is 2.79. The molecule has 4 nitrogen and oxygen atoms in total. The number of aliphatic hydroxyl groups is 1. The summed E-state index contributed by atoms with van der Waals surface area (Å²) in [5.74, 6) is -0.282. The molecule has 1 fully saturated rings. The number of carbonyl (C=O) groups is 1. The number of carbonyl (C=O) groups excluding carboxylic acids is 1. The second-order valence-corrected chi connectivity index (χ2v) is 3.03. The molecule has 2 N–H and O–H groups in total. The Bertz CT molecular complexity index is 156. The van der Waals surface area contributed by atoms with E-state index in [9.17, 15) is 4.79 Å². The Hall–Kier alpha value is -0.610. The summed E-state index contributed by atoms with van der Waals surface area (Å²) in [6.07, 6.45) is 2.68. The van der Waals surface area contributed by atoms with Crippen LogP contribution in [0.3, 0.4) is 0 Å². The maximum atomic E-state index is 11.1. The first-order chi connectivity index (χ1) is 5.77. The molecule has 1 aliphatic rings. The zero-order chi connectivity index (χ0) is 8.97. The van der Waals surface area contributed by atoms with Gasteiger partial charge in [-0.3, -0.25) is 4.79 Å². The summed E-state index contributed by atoms with van der Waals surface area (Å²) in [7, 11) is 1.36. The summed E-state index contributed by atoms with van der Waals surface area (Å²) in [6.45, 7) is 0.0134. The number of ether oxygens (including phenoxy) is 1. The topological polar surface area (TPSA) is 58.6 Å². The first-order valence-electron chi connectivity index (χ1n) is 4.22. The molecular weight excluding hydrogens is 158 g/mol. The van der Waals surface area contributed by atoms with E-state index in [0.29, 0.717) is 12.5 Å². The van der Waals surface area contributed by atoms with Gasteiger partial charge in [0.05, 0.1) is 7.11 Å². The van der Waals surface area contributed by atoms with Crippen molar-refractivity contribution in [3.8, 4) is 0 Å². The van der Waals surface area contributed by atoms with E-state index in [0.717, 1.165) is 12.8 Å². The second kappa shape index (κ2) is 4.42. The molecule has 12 heavy (non-hydrogen) atoms. The molecule has 70 valence electrons. The maximum Gasteiger partial charge on any atom is 0.322 e. The summed E-state index contributed by atoms with van der Waals surface area (Å²) in [5.41, 5.74) is 0. The average Bonchev–Trinajstić information content (AvgIpc) is 2.86. The Balaban J connectivity index is 2.30. The van der Waals surface area contributed by atoms with Crippen LogP contribution in [0.4, 0.5) is 0 Å². The van der Waals surface area contributed by atoms with Crippen molar-refractivity contribution in [3.63, 3.8) is 0 Å². The van der Waals surface area contributed by atoms with Crippen molar-refractivity contribution in [2.45, 2.75) is 31.3 Å². The van der Waals surface area contributed by atoms with Gasteiger partial charge in [-0.25, -0.2) is 0 Å². The molecule has 0 bridgehead atoms. The van der Waals surface area contributed by atoms with Gasteiger partial charge in [0.15, 0.2) is 0 Å². The Morgan fingerprint density at radius 1 is 1.75 bits per heavy atom. The van der Waals surface area contributed by atoms with Crippen LogP contribution in [0.2, 0.25) is 0 Å². The number of nitrogens with one attached hydrogen (secondary N) is 1. The highest BCUT2D eigenvalue weighted by Gasteiger charge is 2.28. The van der Waals surface area contributed by atoms with Gasteiger partial charge in [0.2, 0.25) is 0 Å². The van der Waals surface area contributed by atoms with Gasteiger partial charge in [-0.1, -0.05) is 0 Å². The predicted octanol–water partition coefficient (Wildman–Crippen LogP) is -0.338. The molecule has 1 aliphatic carbocycles. The molecule has 4 heteroatoms. The van der Waals surface area contributed by atoms with E-state index < -0.39 is 0 Å². The van der Waals surface area contributed by atoms with Crippen LogP contribution in [0, 0.1) is 0 Å². The van der Waals surface area contributed by atoms with Crippen LogP contribution in [-0.2, 0) is 9.53 Å². The number of hydrogen-bond acceptors (Lipinski definition) is 4. The van der Waals surface area contributed by atoms with Gasteiger partial charge >= 0.3 is 5.97 Å². The normalized spacial score (nSPS) is 18.8. The molecule has 0 saturated heterocycles. The van der Waals surface area contributed by atoms with E-state index in [-0.39, 0.29) is 18.6 Å². The lowest BCUT2D eigenvalue weighted by Crippen LogP contribution is -2.39. The molecule has 1 rings (SSSR count). The summed E-state index contributed by atoms with van der Waals surface area (Å²) >= 11 is 0. The molecule has 0 aromatic carbocycles. The van der Waals surface area contributed by atoms with Crippen LogP contribution in [0.15, 0.2) is 0 Å². The van der Waals surface area contributed by atoms with E-state index in [1.54, 1.807) is 0 Å². The summed E-state index contributed by atoms with van der Waals surface area (Å²) in [5, 5.41) is 11.8. The lowest BCUT2D eigenvalue weighted by atomic mass is 10.2. The Morgan fingerprint density at radius 2 is 2.42 bits per heavy atom. The van der Waals surface area contributed by atoms with Crippen LogP contribution in [-0.4, -0.2) is 36.9 Å². The minimum Gasteiger partial charge on any atom is -0.468 e. The van der Waals surface area contributed by atoms with Gasteiger partial charge in [0.25, 0.3) is 0 Å². The van der Waals surface area contributed by atoms with Gasteiger partial charge in [0.1, 0.15) is 6.04 Å². The predicted molar refractivity (Wildman–Crippen MR) is 43.7 cm³/mol. The molecule has 1 atom stereocenters. The van der Waals surface area contributed by atoms with Gasteiger partial charge in [-0.05, 0) is 19.3 Å². The first-order valence-corrected chi connectivity index (χ1v) is 4.22. The van der Waals surface area contributed by atoms with E-state index in [1.807, 2.05) is 0 Å². The van der Waals surface area contributed by atoms with Crippen molar-refractivity contribution in [3.05, 3.63) is 0 Å². The van der Waals surface area contributed by atoms with Gasteiger partial charge in [-0.2, -0.15) is 0 Å². The van der Waals surface area contributed by atoms with E-state index in [1.165, 1.54) is 7.11 Å². The lowest BCUT2D eigenvalue weighted by Gasteiger charge is -2.14. The van der Waals surface area contributed by atoms with Crippen molar-refractivity contribution in [1.29, 1.82) is 0 Å². The lowest BCUT2D eigenvalue weighted by molar-refractivity contribution is -0.143. The number of methoxy groups -OCH3 is 1. The quantitative estimate of drug-likeness (QED) is 0.558. The first kappa shape index (κ1) is 9.48. The number of rotatable bonds is 5. The summed E-state index contributed by atoms with van der Waals surface area (Å²) in [4.78, 5) is 11.1. The zero-order valence-corrected chi connectivity index (χ0v) is 7.25. The molecular formula is C8H15NO3. The van der Waals surface area contributed by atoms with Gasteiger partial charge < -0.3 is 15.2 Å². The molecule has 0 amide bonds. The number of esters is 1. The Labute approximate surface area is 71.9 Å². The van der Waals surface area contributed by atoms with E-state index >= 15 is 0 Å². The van der Waals surface area contributed by atoms with Crippen molar-refractivity contribution >= 4 is 5.97 Å². The van der Waals surface area contributed by atoms with Crippen LogP contribution < -0.4 is 5.32 Å². The molecule has 0 radical (unpaired) electrons. The third-order valence-corrected chi connectivity index (χ3v) is 1.92. The van der Waals surface area contributed by atoms with E-state index in [2.05, 4.69) is 10.1 Å². The molecule has 0 aromatic heterocycles. The van der Waals surface area contributed by atoms with Crippen molar-refractivity contribution < 1.29 is 14.6 Å². The van der Waals surface area contributed by atoms with E-state index in [4.69, 9.17) is 5.11 Å². The monoisotopic (exact) mass is 173 g/mol. The number of aliphatic hydroxyl groups excluding tert-OH is 1. The van der Waals surface area contributed by atoms with Crippen LogP contribution in [0.1, 0.15) is 19.3 Å². The standard InChI is InChI=1S/C8H15NO3/c1-12-8(11)7(4-5-10)9-6-2-3-6/h6-7,9-10H,2-5H2,1H3. The van der Waals surface area contributed by atoms with Gasteiger partial charge in [0, 0.05) is 12.6 Å². The Morgan fingerprint density at radius 3 is 2.83 bits per heavy atom. The molecule has 1 unspecified atom stereocenters. The number of hydrogen-bond donors (Lipinski definition) is 2. The molecule has 0 aliphatic heterocycles. The fourth-order valence-corrected chi connectivity index (χ4v) is 1.08. The Kier molecular flexibility index (Phi) is 3.49. The maximum absolute atomic E-state index is 11.1. The van der Waals surface area contributed by atoms with Crippen molar-refractivity contribution in [2.24, 2.45) is 0 Å². The van der Waals surface area contributed by atoms with Crippen LogP contribution in [0.25, 0.3) is 0 Å².